The molecule has 1 saturated carbocycles. The Kier molecular flexibility index (Phi) is 3.86. The van der Waals surface area contributed by atoms with Crippen molar-refractivity contribution in [2.75, 3.05) is 20.2 Å². The van der Waals surface area contributed by atoms with Crippen molar-refractivity contribution in [3.05, 3.63) is 40.7 Å². The highest BCUT2D eigenvalue weighted by Crippen LogP contribution is 2.52. The standard InChI is InChI=1S/C21H26N2O4/c1-27-21(25)19-15-10-17-20-14(13-4-2-3-5-16(13)22-20)8-9-23(17,26)11-12(15)6-7-18(19)24/h2-5,12,15,17-19,22,24H,6-11H2,1H3/t12-,15+,17-,18-,19+,23-/m0/s1. The second kappa shape index (κ2) is 6.06. The van der Waals surface area contributed by atoms with Gasteiger partial charge in [-0.3, -0.25) is 4.79 Å². The van der Waals surface area contributed by atoms with Crippen LogP contribution in [0.4, 0.5) is 0 Å². The average Bonchev–Trinajstić information content (AvgIpc) is 3.05. The van der Waals surface area contributed by atoms with Crippen molar-refractivity contribution in [2.45, 2.75) is 37.8 Å². The molecule has 3 heterocycles. The molecule has 0 bridgehead atoms. The number of fused-ring (bicyclic) bond motifs is 6. The van der Waals surface area contributed by atoms with E-state index in [0.717, 1.165) is 24.1 Å². The van der Waals surface area contributed by atoms with Crippen molar-refractivity contribution >= 4 is 16.9 Å². The maximum absolute atomic E-state index is 13.8. The van der Waals surface area contributed by atoms with Crippen LogP contribution in [-0.4, -0.2) is 47.0 Å². The summed E-state index contributed by atoms with van der Waals surface area (Å²) in [5.41, 5.74) is 3.37. The highest BCUT2D eigenvalue weighted by molar-refractivity contribution is 5.85. The van der Waals surface area contributed by atoms with E-state index in [4.69, 9.17) is 4.74 Å². The van der Waals surface area contributed by atoms with E-state index < -0.39 is 12.0 Å². The van der Waals surface area contributed by atoms with E-state index in [2.05, 4.69) is 17.1 Å². The molecule has 0 spiro atoms. The van der Waals surface area contributed by atoms with Crippen molar-refractivity contribution in [1.82, 2.24) is 4.98 Å². The summed E-state index contributed by atoms with van der Waals surface area (Å²) in [5.74, 6) is -0.672. The van der Waals surface area contributed by atoms with Gasteiger partial charge in [0.1, 0.15) is 6.04 Å². The number of hydrogen-bond acceptors (Lipinski definition) is 4. The van der Waals surface area contributed by atoms with Crippen LogP contribution in [0.1, 0.15) is 36.6 Å². The third kappa shape index (κ3) is 2.47. The SMILES string of the molecule is COC(=O)[C@@H]1[C@@H]2C[C@H]3c4[nH]c5ccccc5c4CC[N@+]3([O-])C[C@@H]2CC[C@@H]1O. The third-order valence-corrected chi connectivity index (χ3v) is 7.32. The fourth-order valence-corrected chi connectivity index (χ4v) is 6.04. The molecule has 0 unspecified atom stereocenters. The average molecular weight is 370 g/mol. The molecule has 2 aromatic rings. The van der Waals surface area contributed by atoms with E-state index in [1.807, 2.05) is 12.1 Å². The molecule has 2 N–H and O–H groups in total. The topological polar surface area (TPSA) is 85.4 Å². The van der Waals surface area contributed by atoms with Gasteiger partial charge in [0.05, 0.1) is 37.9 Å². The number of aromatic amines is 1. The zero-order chi connectivity index (χ0) is 18.8. The summed E-state index contributed by atoms with van der Waals surface area (Å²) >= 11 is 0. The van der Waals surface area contributed by atoms with Crippen molar-refractivity contribution in [3.63, 3.8) is 0 Å². The number of aromatic nitrogens is 1. The molecular weight excluding hydrogens is 344 g/mol. The number of aliphatic hydroxyl groups excluding tert-OH is 1. The molecule has 2 fully saturated rings. The van der Waals surface area contributed by atoms with Gasteiger partial charge in [0.2, 0.25) is 0 Å². The highest BCUT2D eigenvalue weighted by atomic mass is 16.5. The number of hydrogen-bond donors (Lipinski definition) is 2. The van der Waals surface area contributed by atoms with E-state index in [0.29, 0.717) is 25.9 Å². The van der Waals surface area contributed by atoms with E-state index in [9.17, 15) is 15.1 Å². The Balaban J connectivity index is 1.56. The van der Waals surface area contributed by atoms with Gasteiger partial charge in [-0.1, -0.05) is 18.2 Å². The Morgan fingerprint density at radius 3 is 2.96 bits per heavy atom. The molecule has 6 atom stereocenters. The number of ether oxygens (including phenoxy) is 1. The minimum absolute atomic E-state index is 0.00348. The zero-order valence-electron chi connectivity index (χ0n) is 15.6. The van der Waals surface area contributed by atoms with Gasteiger partial charge in [0, 0.05) is 29.7 Å². The van der Waals surface area contributed by atoms with Crippen LogP contribution < -0.4 is 0 Å². The van der Waals surface area contributed by atoms with Gasteiger partial charge in [0.25, 0.3) is 0 Å². The van der Waals surface area contributed by atoms with E-state index >= 15 is 0 Å². The summed E-state index contributed by atoms with van der Waals surface area (Å²) in [6, 6.07) is 8.01. The lowest BCUT2D eigenvalue weighted by Crippen LogP contribution is -2.60. The number of H-pyrrole nitrogens is 1. The summed E-state index contributed by atoms with van der Waals surface area (Å²) in [7, 11) is 1.38. The number of para-hydroxylation sites is 1. The Morgan fingerprint density at radius 2 is 2.15 bits per heavy atom. The number of carbonyl (C=O) groups is 1. The second-order valence-electron chi connectivity index (χ2n) is 8.54. The fraction of sp³-hybridized carbons (Fsp3) is 0.571. The largest absolute Gasteiger partial charge is 0.632 e. The number of rotatable bonds is 1. The van der Waals surface area contributed by atoms with Crippen molar-refractivity contribution in [1.29, 1.82) is 0 Å². The molecular formula is C21H26N2O4. The first-order valence-corrected chi connectivity index (χ1v) is 9.95. The summed E-state index contributed by atoms with van der Waals surface area (Å²) in [6.07, 6.45) is 2.14. The minimum atomic E-state index is -0.670. The molecule has 0 radical (unpaired) electrons. The van der Waals surface area contributed by atoms with Crippen molar-refractivity contribution in [2.24, 2.45) is 17.8 Å². The first-order chi connectivity index (χ1) is 13.0. The minimum Gasteiger partial charge on any atom is -0.632 e. The van der Waals surface area contributed by atoms with E-state index in [1.54, 1.807) is 0 Å². The molecule has 6 nitrogen and oxygen atoms in total. The van der Waals surface area contributed by atoms with Crippen LogP contribution in [0, 0.1) is 23.0 Å². The number of benzene rings is 1. The summed E-state index contributed by atoms with van der Waals surface area (Å²) < 4.78 is 4.79. The van der Waals surface area contributed by atoms with Gasteiger partial charge < -0.3 is 24.7 Å². The number of nitrogens with one attached hydrogen (secondary N) is 1. The molecule has 1 aromatic carbocycles. The molecule has 27 heavy (non-hydrogen) atoms. The maximum atomic E-state index is 13.8. The van der Waals surface area contributed by atoms with Gasteiger partial charge in [-0.05, 0) is 30.4 Å². The second-order valence-corrected chi connectivity index (χ2v) is 8.54. The number of nitrogens with zero attached hydrogens (tertiary/aromatic N) is 1. The fourth-order valence-electron chi connectivity index (χ4n) is 6.04. The van der Waals surface area contributed by atoms with Crippen LogP contribution in [-0.2, 0) is 16.0 Å². The lowest BCUT2D eigenvalue weighted by Gasteiger charge is -2.59. The number of aliphatic hydroxyl groups is 1. The summed E-state index contributed by atoms with van der Waals surface area (Å²) in [4.78, 5) is 15.9. The first kappa shape index (κ1) is 17.2. The van der Waals surface area contributed by atoms with Crippen LogP contribution in [0.15, 0.2) is 24.3 Å². The Hall–Kier alpha value is -1.89. The maximum Gasteiger partial charge on any atom is 0.311 e. The Labute approximate surface area is 158 Å². The number of methoxy groups -OCH3 is 1. The normalized spacial score (nSPS) is 38.0. The molecule has 1 aliphatic carbocycles. The van der Waals surface area contributed by atoms with Gasteiger partial charge >= 0.3 is 5.97 Å². The predicted molar refractivity (Wildman–Crippen MR) is 100 cm³/mol. The first-order valence-electron chi connectivity index (χ1n) is 9.95. The lowest BCUT2D eigenvalue weighted by atomic mass is 9.64. The highest BCUT2D eigenvalue weighted by Gasteiger charge is 2.53. The predicted octanol–water partition coefficient (Wildman–Crippen LogP) is 2.66. The van der Waals surface area contributed by atoms with Crippen LogP contribution >= 0.6 is 0 Å². The van der Waals surface area contributed by atoms with Gasteiger partial charge in [-0.2, -0.15) is 0 Å². The molecule has 0 amide bonds. The third-order valence-electron chi connectivity index (χ3n) is 7.32. The van der Waals surface area contributed by atoms with Gasteiger partial charge in [-0.15, -0.1) is 0 Å². The Morgan fingerprint density at radius 1 is 1.33 bits per heavy atom. The van der Waals surface area contributed by atoms with E-state index in [-0.39, 0.29) is 28.5 Å². The molecule has 144 valence electrons. The molecule has 2 aliphatic heterocycles. The van der Waals surface area contributed by atoms with Crippen LogP contribution in [0.25, 0.3) is 10.9 Å². The molecule has 1 saturated heterocycles. The summed E-state index contributed by atoms with van der Waals surface area (Å²) in [6.45, 7) is 1.12. The molecule has 6 heteroatoms. The van der Waals surface area contributed by atoms with Crippen molar-refractivity contribution in [3.8, 4) is 0 Å². The smallest absolute Gasteiger partial charge is 0.311 e. The number of esters is 1. The van der Waals surface area contributed by atoms with Crippen LogP contribution in [0.2, 0.25) is 0 Å². The van der Waals surface area contributed by atoms with Crippen LogP contribution in [0.5, 0.6) is 0 Å². The number of quaternary nitrogens is 1. The number of hydroxylamine groups is 3. The lowest BCUT2D eigenvalue weighted by molar-refractivity contribution is -0.924. The van der Waals surface area contributed by atoms with Gasteiger partial charge in [0.15, 0.2) is 0 Å². The number of carbonyl (C=O) groups excluding carboxylic acids is 1. The molecule has 3 aliphatic rings. The quantitative estimate of drug-likeness (QED) is 0.459. The summed E-state index contributed by atoms with van der Waals surface area (Å²) in [5, 5.41) is 25.5. The van der Waals surface area contributed by atoms with Crippen molar-refractivity contribution < 1.29 is 19.3 Å². The Bertz CT molecular complexity index is 893. The van der Waals surface area contributed by atoms with Crippen LogP contribution in [0.3, 0.4) is 0 Å². The van der Waals surface area contributed by atoms with Gasteiger partial charge in [-0.25, -0.2) is 0 Å². The molecule has 5 rings (SSSR count). The zero-order valence-corrected chi connectivity index (χ0v) is 15.6. The number of piperidine rings is 1. The van der Waals surface area contributed by atoms with E-state index in [1.165, 1.54) is 18.1 Å². The molecule has 1 aromatic heterocycles. The monoisotopic (exact) mass is 370 g/mol.